The number of hydrogen-bond donors (Lipinski definition) is 0. The predicted molar refractivity (Wildman–Crippen MR) is 63.4 cm³/mol. The van der Waals surface area contributed by atoms with E-state index < -0.39 is 0 Å². The van der Waals surface area contributed by atoms with E-state index in [1.165, 1.54) is 19.3 Å². The summed E-state index contributed by atoms with van der Waals surface area (Å²) < 4.78 is 0.674. The quantitative estimate of drug-likeness (QED) is 0.605. The van der Waals surface area contributed by atoms with Gasteiger partial charge in [0, 0.05) is 0 Å². The van der Waals surface area contributed by atoms with Crippen molar-refractivity contribution in [2.75, 3.05) is 0 Å². The van der Waals surface area contributed by atoms with E-state index in [2.05, 4.69) is 59.7 Å². The molecule has 0 spiro atoms. The van der Waals surface area contributed by atoms with Gasteiger partial charge in [0.15, 0.2) is 0 Å². The monoisotopic (exact) mass is 386 g/mol. The zero-order valence-electron chi connectivity index (χ0n) is 10.3. The van der Waals surface area contributed by atoms with Crippen molar-refractivity contribution < 1.29 is 19.8 Å². The van der Waals surface area contributed by atoms with Crippen LogP contribution in [0.5, 0.6) is 0 Å². The number of allylic oxidation sites excluding steroid dienone is 4. The molecule has 0 aliphatic heterocycles. The van der Waals surface area contributed by atoms with E-state index in [0.29, 0.717) is 10.2 Å². The molecule has 0 N–H and O–H groups in total. The van der Waals surface area contributed by atoms with Gasteiger partial charge < -0.3 is 0 Å². The summed E-state index contributed by atoms with van der Waals surface area (Å²) in [4.78, 5) is 0. The van der Waals surface area contributed by atoms with Crippen molar-refractivity contribution in [2.45, 2.75) is 51.3 Å². The van der Waals surface area contributed by atoms with Gasteiger partial charge in [-0.2, -0.15) is 0 Å². The molecule has 0 aromatic carbocycles. The molecule has 0 aromatic heterocycles. The molecule has 0 amide bonds. The number of rotatable bonds is 2. The van der Waals surface area contributed by atoms with E-state index in [9.17, 15) is 0 Å². The molecule has 1 aliphatic rings. The maximum absolute atomic E-state index is 2.55. The molecule has 1 heteroatoms. The van der Waals surface area contributed by atoms with Crippen molar-refractivity contribution in [1.82, 2.24) is 0 Å². The fraction of sp³-hybridized carbons (Fsp3) is 0.714. The van der Waals surface area contributed by atoms with Crippen LogP contribution in [-0.2, 0) is 19.8 Å². The van der Waals surface area contributed by atoms with Crippen LogP contribution >= 0.6 is 0 Å². The van der Waals surface area contributed by atoms with Crippen LogP contribution in [0.2, 0.25) is 4.31 Å². The Morgan fingerprint density at radius 3 is 2.73 bits per heavy atom. The molecule has 2 atom stereocenters. The first-order chi connectivity index (χ1) is 7.02. The second kappa shape index (κ2) is 6.04. The molecule has 0 bridgehead atoms. The molecule has 0 radical (unpaired) electrons. The first-order valence-electron chi connectivity index (χ1n) is 5.98. The van der Waals surface area contributed by atoms with Gasteiger partial charge >= 0.3 is 106 Å². The average Bonchev–Trinajstić information content (AvgIpc) is 2.18. The van der Waals surface area contributed by atoms with Gasteiger partial charge in [-0.05, 0) is 0 Å². The van der Waals surface area contributed by atoms with Crippen LogP contribution < -0.4 is 0 Å². The topological polar surface area (TPSA) is 0 Å². The van der Waals surface area contributed by atoms with Gasteiger partial charge in [-0.3, -0.25) is 0 Å². The summed E-state index contributed by atoms with van der Waals surface area (Å²) in [6.07, 6.45) is 8.52. The second-order valence-corrected chi connectivity index (χ2v) is 6.56. The molecule has 0 aromatic rings. The fourth-order valence-electron chi connectivity index (χ4n) is 2.14. The Balaban J connectivity index is 2.85. The Morgan fingerprint density at radius 2 is 2.13 bits per heavy atom. The van der Waals surface area contributed by atoms with Crippen LogP contribution in [0.25, 0.3) is 0 Å². The third kappa shape index (κ3) is 3.91. The van der Waals surface area contributed by atoms with E-state index in [1.807, 2.05) is 0 Å². The zero-order chi connectivity index (χ0) is 11.4. The molecule has 0 heterocycles. The van der Waals surface area contributed by atoms with Crippen LogP contribution in [0.4, 0.5) is 0 Å². The molecule has 1 aliphatic carbocycles. The summed E-state index contributed by atoms with van der Waals surface area (Å²) in [6.45, 7) is 9.35. The molecule has 1 unspecified atom stereocenters. The van der Waals surface area contributed by atoms with Crippen molar-refractivity contribution in [3.63, 3.8) is 0 Å². The van der Waals surface area contributed by atoms with Crippen molar-refractivity contribution in [3.8, 4) is 0 Å². The van der Waals surface area contributed by atoms with Crippen LogP contribution in [-0.4, -0.2) is 0 Å². The summed E-state index contributed by atoms with van der Waals surface area (Å²) in [6, 6.07) is 0. The Bertz CT molecular complexity index is 261. The van der Waals surface area contributed by atoms with E-state index in [-0.39, 0.29) is 0 Å². The predicted octanol–water partition coefficient (Wildman–Crippen LogP) is 4.67. The van der Waals surface area contributed by atoms with E-state index in [4.69, 9.17) is 0 Å². The first-order valence-corrected chi connectivity index (χ1v) is 7.29. The SMILES string of the molecule is C/C1=C(\CC(C)C)CC/C=C\[C@@H]([Pt])C1C. The van der Waals surface area contributed by atoms with E-state index in [0.717, 1.165) is 5.92 Å². The molecule has 1 rings (SSSR count). The molecule has 89 valence electrons. The van der Waals surface area contributed by atoms with Gasteiger partial charge in [0.2, 0.25) is 0 Å². The molecular weight excluding hydrogens is 363 g/mol. The van der Waals surface area contributed by atoms with E-state index >= 15 is 0 Å². The third-order valence-corrected chi connectivity index (χ3v) is 4.84. The number of hydrogen-bond acceptors (Lipinski definition) is 0. The summed E-state index contributed by atoms with van der Waals surface area (Å²) >= 11 is 2.55. The molecule has 0 nitrogen and oxygen atoms in total. The summed E-state index contributed by atoms with van der Waals surface area (Å²) in [7, 11) is 0. The molecule has 0 fully saturated rings. The fourth-order valence-corrected chi connectivity index (χ4v) is 3.02. The Labute approximate surface area is 106 Å². The van der Waals surface area contributed by atoms with Crippen molar-refractivity contribution in [3.05, 3.63) is 23.3 Å². The normalized spacial score (nSPS) is 35.1. The van der Waals surface area contributed by atoms with Gasteiger partial charge in [0.25, 0.3) is 0 Å². The summed E-state index contributed by atoms with van der Waals surface area (Å²) in [5.74, 6) is 1.50. The maximum atomic E-state index is 2.55. The Kier molecular flexibility index (Phi) is 5.33. The Hall–Kier alpha value is 0.168. The summed E-state index contributed by atoms with van der Waals surface area (Å²) in [5.41, 5.74) is 3.36. The standard InChI is InChI=1S/C14H23.Pt/c1-11(2)10-14-9-7-5-6-8-12(3)13(14)4;/h5-6,8,11-12H,7,9-10H2,1-4H3;/b6-5-,14-13+;. The van der Waals surface area contributed by atoms with Crippen LogP contribution in [0.1, 0.15) is 47.0 Å². The van der Waals surface area contributed by atoms with Gasteiger partial charge in [-0.25, -0.2) is 0 Å². The minimum atomic E-state index is 0.674. The van der Waals surface area contributed by atoms with Gasteiger partial charge in [-0.15, -0.1) is 0 Å². The second-order valence-electron chi connectivity index (χ2n) is 5.04. The average molecular weight is 386 g/mol. The van der Waals surface area contributed by atoms with Crippen LogP contribution in [0.3, 0.4) is 0 Å². The van der Waals surface area contributed by atoms with E-state index in [1.54, 1.807) is 11.1 Å². The van der Waals surface area contributed by atoms with Crippen molar-refractivity contribution >= 4 is 0 Å². The molecule has 15 heavy (non-hydrogen) atoms. The zero-order valence-corrected chi connectivity index (χ0v) is 12.6. The van der Waals surface area contributed by atoms with Crippen LogP contribution in [0, 0.1) is 11.8 Å². The molecule has 0 saturated heterocycles. The molecule has 0 saturated carbocycles. The van der Waals surface area contributed by atoms with Crippen molar-refractivity contribution in [1.29, 1.82) is 0 Å². The van der Waals surface area contributed by atoms with Gasteiger partial charge in [0.05, 0.1) is 0 Å². The Morgan fingerprint density at radius 1 is 1.47 bits per heavy atom. The summed E-state index contributed by atoms with van der Waals surface area (Å²) in [5, 5.41) is 0. The minimum absolute atomic E-state index is 0.674. The third-order valence-electron chi connectivity index (χ3n) is 3.26. The molecular formula is C14H23Pt. The van der Waals surface area contributed by atoms with Gasteiger partial charge in [0.1, 0.15) is 0 Å². The van der Waals surface area contributed by atoms with Gasteiger partial charge in [-0.1, -0.05) is 0 Å². The van der Waals surface area contributed by atoms with Crippen molar-refractivity contribution in [2.24, 2.45) is 11.8 Å². The van der Waals surface area contributed by atoms with Crippen LogP contribution in [0.15, 0.2) is 23.3 Å². The first kappa shape index (κ1) is 13.2.